The lowest BCUT2D eigenvalue weighted by atomic mass is 10.2. The molecule has 7 heteroatoms. The summed E-state index contributed by atoms with van der Waals surface area (Å²) in [4.78, 5) is 3.76. The molecule has 0 aliphatic heterocycles. The van der Waals surface area contributed by atoms with Crippen LogP contribution < -0.4 is 10.6 Å². The van der Waals surface area contributed by atoms with Crippen molar-refractivity contribution >= 4 is 21.7 Å². The first-order chi connectivity index (χ1) is 8.30. The van der Waals surface area contributed by atoms with Crippen LogP contribution >= 0.6 is 15.9 Å². The molecule has 0 aromatic carbocycles. The van der Waals surface area contributed by atoms with Crippen LogP contribution in [-0.4, -0.2) is 24.1 Å². The quantitative estimate of drug-likeness (QED) is 0.816. The Balaban J connectivity index is 2.70. The number of anilines is 1. The van der Waals surface area contributed by atoms with E-state index in [9.17, 15) is 13.2 Å². The fourth-order valence-corrected chi connectivity index (χ4v) is 1.67. The number of pyridine rings is 1. The minimum absolute atomic E-state index is 0.142. The van der Waals surface area contributed by atoms with Gasteiger partial charge in [0.25, 0.3) is 0 Å². The number of nitrogens with zero attached hydrogens (tertiary/aromatic N) is 1. The van der Waals surface area contributed by atoms with Gasteiger partial charge in [0.15, 0.2) is 0 Å². The van der Waals surface area contributed by atoms with Gasteiger partial charge in [-0.1, -0.05) is 13.8 Å². The third kappa shape index (κ3) is 4.81. The van der Waals surface area contributed by atoms with Crippen molar-refractivity contribution in [1.29, 1.82) is 0 Å². The fraction of sp³-hybridized carbons (Fsp3) is 0.545. The number of rotatable bonds is 5. The summed E-state index contributed by atoms with van der Waals surface area (Å²) in [5.41, 5.74) is -0.763. The van der Waals surface area contributed by atoms with Crippen molar-refractivity contribution in [2.75, 3.05) is 18.4 Å². The molecule has 1 aromatic heterocycles. The van der Waals surface area contributed by atoms with Gasteiger partial charge in [-0.05, 0) is 22.0 Å². The summed E-state index contributed by atoms with van der Waals surface area (Å²) in [5.74, 6) is -0.142. The molecular formula is C11H15BrF3N3. The van der Waals surface area contributed by atoms with Crippen LogP contribution in [0.2, 0.25) is 0 Å². The Morgan fingerprint density at radius 3 is 2.56 bits per heavy atom. The molecule has 0 saturated heterocycles. The van der Waals surface area contributed by atoms with E-state index < -0.39 is 11.7 Å². The molecule has 0 unspecified atom stereocenters. The summed E-state index contributed by atoms with van der Waals surface area (Å²) >= 11 is 2.99. The van der Waals surface area contributed by atoms with Crippen molar-refractivity contribution in [2.45, 2.75) is 26.1 Å². The Labute approximate surface area is 112 Å². The largest absolute Gasteiger partial charge is 0.419 e. The van der Waals surface area contributed by atoms with E-state index in [1.165, 1.54) is 6.20 Å². The monoisotopic (exact) mass is 325 g/mol. The third-order valence-corrected chi connectivity index (χ3v) is 2.56. The van der Waals surface area contributed by atoms with E-state index in [0.29, 0.717) is 23.6 Å². The number of hydrogen-bond donors (Lipinski definition) is 2. The first-order valence-corrected chi connectivity index (χ1v) is 6.30. The van der Waals surface area contributed by atoms with Crippen LogP contribution in [0.3, 0.4) is 0 Å². The molecule has 18 heavy (non-hydrogen) atoms. The number of halogens is 4. The van der Waals surface area contributed by atoms with E-state index >= 15 is 0 Å². The van der Waals surface area contributed by atoms with E-state index in [0.717, 1.165) is 6.07 Å². The van der Waals surface area contributed by atoms with Gasteiger partial charge in [-0.3, -0.25) is 0 Å². The molecule has 1 heterocycles. The van der Waals surface area contributed by atoms with E-state index in [1.54, 1.807) is 0 Å². The standard InChI is InChI=1S/C11H15BrF3N3/c1-7(2)16-3-4-17-10-9(11(13,14)15)5-8(12)6-18-10/h5-7,16H,3-4H2,1-2H3,(H,17,18). The maximum atomic E-state index is 12.7. The second kappa shape index (κ2) is 6.38. The molecule has 0 aliphatic rings. The lowest BCUT2D eigenvalue weighted by molar-refractivity contribution is -0.137. The summed E-state index contributed by atoms with van der Waals surface area (Å²) in [5, 5.41) is 5.79. The van der Waals surface area contributed by atoms with Crippen LogP contribution in [0.5, 0.6) is 0 Å². The highest BCUT2D eigenvalue weighted by atomic mass is 79.9. The third-order valence-electron chi connectivity index (χ3n) is 2.13. The molecule has 0 bridgehead atoms. The van der Waals surface area contributed by atoms with Crippen LogP contribution in [0.25, 0.3) is 0 Å². The van der Waals surface area contributed by atoms with Crippen molar-refractivity contribution in [2.24, 2.45) is 0 Å². The number of aromatic nitrogens is 1. The molecule has 102 valence electrons. The maximum Gasteiger partial charge on any atom is 0.419 e. The molecule has 1 rings (SSSR count). The first-order valence-electron chi connectivity index (χ1n) is 5.50. The highest BCUT2D eigenvalue weighted by Crippen LogP contribution is 2.35. The van der Waals surface area contributed by atoms with Crippen LogP contribution in [0.15, 0.2) is 16.7 Å². The van der Waals surface area contributed by atoms with Gasteiger partial charge in [0.05, 0.1) is 5.56 Å². The smallest absolute Gasteiger partial charge is 0.368 e. The fourth-order valence-electron chi connectivity index (χ4n) is 1.34. The molecule has 0 atom stereocenters. The topological polar surface area (TPSA) is 37.0 Å². The van der Waals surface area contributed by atoms with Crippen LogP contribution in [0.4, 0.5) is 19.0 Å². The maximum absolute atomic E-state index is 12.7. The van der Waals surface area contributed by atoms with Gasteiger partial charge in [0.1, 0.15) is 5.82 Å². The van der Waals surface area contributed by atoms with E-state index in [4.69, 9.17) is 0 Å². The second-order valence-electron chi connectivity index (χ2n) is 4.08. The molecular weight excluding hydrogens is 311 g/mol. The average molecular weight is 326 g/mol. The van der Waals surface area contributed by atoms with E-state index in [-0.39, 0.29) is 5.82 Å². The summed E-state index contributed by atoms with van der Waals surface area (Å²) in [6.45, 7) is 4.90. The first kappa shape index (κ1) is 15.2. The van der Waals surface area contributed by atoms with Gasteiger partial charge in [-0.15, -0.1) is 0 Å². The van der Waals surface area contributed by atoms with Crippen molar-refractivity contribution in [3.63, 3.8) is 0 Å². The Kier molecular flexibility index (Phi) is 5.40. The molecule has 3 nitrogen and oxygen atoms in total. The number of alkyl halides is 3. The minimum atomic E-state index is -4.41. The van der Waals surface area contributed by atoms with Gasteiger partial charge >= 0.3 is 6.18 Å². The molecule has 0 fully saturated rings. The van der Waals surface area contributed by atoms with Gasteiger partial charge in [0.2, 0.25) is 0 Å². The molecule has 0 radical (unpaired) electrons. The predicted molar refractivity (Wildman–Crippen MR) is 68.6 cm³/mol. The van der Waals surface area contributed by atoms with E-state index in [1.807, 2.05) is 13.8 Å². The Morgan fingerprint density at radius 1 is 1.33 bits per heavy atom. The van der Waals surface area contributed by atoms with Crippen LogP contribution in [0.1, 0.15) is 19.4 Å². The molecule has 1 aromatic rings. The van der Waals surface area contributed by atoms with Crippen molar-refractivity contribution in [3.8, 4) is 0 Å². The van der Waals surface area contributed by atoms with E-state index in [2.05, 4.69) is 31.5 Å². The predicted octanol–water partition coefficient (Wildman–Crippen LogP) is 3.27. The van der Waals surface area contributed by atoms with Gasteiger partial charge in [-0.2, -0.15) is 13.2 Å². The lowest BCUT2D eigenvalue weighted by Gasteiger charge is -2.14. The van der Waals surface area contributed by atoms with Crippen molar-refractivity contribution in [1.82, 2.24) is 10.3 Å². The highest BCUT2D eigenvalue weighted by Gasteiger charge is 2.34. The minimum Gasteiger partial charge on any atom is -0.368 e. The number of hydrogen-bond acceptors (Lipinski definition) is 3. The average Bonchev–Trinajstić information content (AvgIpc) is 2.24. The summed E-state index contributed by atoms with van der Waals surface area (Å²) in [6, 6.07) is 1.32. The molecule has 0 spiro atoms. The van der Waals surface area contributed by atoms with Crippen LogP contribution in [0, 0.1) is 0 Å². The van der Waals surface area contributed by atoms with Gasteiger partial charge < -0.3 is 10.6 Å². The molecule has 2 N–H and O–H groups in total. The highest BCUT2D eigenvalue weighted by molar-refractivity contribution is 9.10. The van der Waals surface area contributed by atoms with Gasteiger partial charge in [0, 0.05) is 29.8 Å². The molecule has 0 aliphatic carbocycles. The Bertz CT molecular complexity index is 394. The zero-order valence-corrected chi connectivity index (χ0v) is 11.7. The summed E-state index contributed by atoms with van der Waals surface area (Å²) < 4.78 is 38.6. The lowest BCUT2D eigenvalue weighted by Crippen LogP contribution is -2.29. The SMILES string of the molecule is CC(C)NCCNc1ncc(Br)cc1C(F)(F)F. The zero-order chi connectivity index (χ0) is 13.8. The second-order valence-corrected chi connectivity index (χ2v) is 5.00. The van der Waals surface area contributed by atoms with Gasteiger partial charge in [-0.25, -0.2) is 4.98 Å². The van der Waals surface area contributed by atoms with Crippen LogP contribution in [-0.2, 0) is 6.18 Å². The molecule has 0 amide bonds. The zero-order valence-electron chi connectivity index (χ0n) is 10.1. The normalized spacial score (nSPS) is 11.9. The van der Waals surface area contributed by atoms with Crippen molar-refractivity contribution < 1.29 is 13.2 Å². The van der Waals surface area contributed by atoms with Crippen molar-refractivity contribution in [3.05, 3.63) is 22.3 Å². The Hall–Kier alpha value is -0.820. The molecule has 0 saturated carbocycles. The summed E-state index contributed by atoms with van der Waals surface area (Å²) in [6.07, 6.45) is -3.07. The summed E-state index contributed by atoms with van der Waals surface area (Å²) in [7, 11) is 0. The Morgan fingerprint density at radius 2 is 2.00 bits per heavy atom. The number of nitrogens with one attached hydrogen (secondary N) is 2.